The Morgan fingerprint density at radius 2 is 1.97 bits per heavy atom. The molecule has 9 rings (SSSR count). The third-order valence-corrected chi connectivity index (χ3v) is 11.6. The summed E-state index contributed by atoms with van der Waals surface area (Å²) >= 11 is 0. The number of phenols is 1. The van der Waals surface area contributed by atoms with Gasteiger partial charge in [0.25, 0.3) is 0 Å². The van der Waals surface area contributed by atoms with Crippen LogP contribution in [-0.4, -0.2) is 53.2 Å². The molecule has 1 N–H and O–H groups in total. The van der Waals surface area contributed by atoms with E-state index in [0.29, 0.717) is 6.04 Å². The smallest absolute Gasteiger partial charge is 0.165 e. The van der Waals surface area contributed by atoms with E-state index < -0.39 is 5.60 Å². The number of benzene rings is 1. The highest BCUT2D eigenvalue weighted by atomic mass is 16.7. The third kappa shape index (κ3) is 2.01. The molecule has 0 radical (unpaired) electrons. The zero-order valence-electron chi connectivity index (χ0n) is 20.9. The van der Waals surface area contributed by atoms with Crippen molar-refractivity contribution in [2.24, 2.45) is 22.7 Å². The van der Waals surface area contributed by atoms with Gasteiger partial charge in [-0.1, -0.05) is 39.0 Å². The van der Waals surface area contributed by atoms with E-state index in [1.807, 2.05) is 6.07 Å². The van der Waals surface area contributed by atoms with Crippen molar-refractivity contribution in [1.29, 1.82) is 0 Å². The molecule has 7 atom stereocenters. The zero-order chi connectivity index (χ0) is 23.3. The summed E-state index contributed by atoms with van der Waals surface area (Å²) in [4.78, 5) is 2.83. The fourth-order valence-corrected chi connectivity index (χ4v) is 9.40. The van der Waals surface area contributed by atoms with Gasteiger partial charge in [-0.05, 0) is 68.5 Å². The lowest BCUT2D eigenvalue weighted by molar-refractivity contribution is -0.356. The minimum Gasteiger partial charge on any atom is -0.504 e. The van der Waals surface area contributed by atoms with Crippen LogP contribution in [0.3, 0.4) is 0 Å². The number of phenolic OH excluding ortho intramolecular Hbond substituents is 1. The van der Waals surface area contributed by atoms with E-state index >= 15 is 0 Å². The van der Waals surface area contributed by atoms with E-state index in [-0.39, 0.29) is 46.4 Å². The maximum atomic E-state index is 11.0. The molecule has 1 aromatic carbocycles. The molecule has 0 aromatic heterocycles. The lowest BCUT2D eigenvalue weighted by atomic mass is 9.35. The summed E-state index contributed by atoms with van der Waals surface area (Å²) < 4.78 is 20.2. The van der Waals surface area contributed by atoms with Crippen LogP contribution in [0.4, 0.5) is 0 Å². The second-order valence-corrected chi connectivity index (χ2v) is 13.6. The van der Waals surface area contributed by atoms with Gasteiger partial charge in [0.15, 0.2) is 11.5 Å². The Morgan fingerprint density at radius 1 is 1.15 bits per heavy atom. The van der Waals surface area contributed by atoms with Gasteiger partial charge in [0.2, 0.25) is 0 Å². The lowest BCUT2D eigenvalue weighted by Gasteiger charge is -2.74. The molecule has 2 saturated carbocycles. The van der Waals surface area contributed by atoms with Crippen molar-refractivity contribution in [2.45, 2.75) is 88.6 Å². The van der Waals surface area contributed by atoms with Gasteiger partial charge in [-0.2, -0.15) is 0 Å². The molecule has 34 heavy (non-hydrogen) atoms. The van der Waals surface area contributed by atoms with Crippen molar-refractivity contribution in [3.05, 3.63) is 35.4 Å². The number of nitrogens with zero attached hydrogens (tertiary/aromatic N) is 1. The van der Waals surface area contributed by atoms with Gasteiger partial charge in [0, 0.05) is 29.5 Å². The van der Waals surface area contributed by atoms with Crippen molar-refractivity contribution in [2.75, 3.05) is 19.9 Å². The quantitative estimate of drug-likeness (QED) is 0.652. The predicted molar refractivity (Wildman–Crippen MR) is 128 cm³/mol. The van der Waals surface area contributed by atoms with Crippen LogP contribution in [0.1, 0.15) is 64.5 Å². The summed E-state index contributed by atoms with van der Waals surface area (Å²) in [5.74, 6) is 2.08. The van der Waals surface area contributed by atoms with Crippen molar-refractivity contribution in [3.8, 4) is 11.5 Å². The number of rotatable bonds is 2. The summed E-state index contributed by atoms with van der Waals surface area (Å²) in [5, 5.41) is 11.0. The average Bonchev–Trinajstić information content (AvgIpc) is 3.53. The number of likely N-dealkylation sites (tertiary alicyclic amines) is 1. The molecule has 5 nitrogen and oxygen atoms in total. The maximum absolute atomic E-state index is 11.0. The van der Waals surface area contributed by atoms with Gasteiger partial charge >= 0.3 is 0 Å². The molecule has 1 unspecified atom stereocenters. The summed E-state index contributed by atoms with van der Waals surface area (Å²) in [6.07, 6.45) is 10.7. The standard InChI is InChI=1S/C29H37NO4/c1-25(2,3)26(4)20-14-27-9-10-29(20,33-16-32-26)24-28(27)11-12-30(15-17-5-6-17)21(27)13-18-7-8-19(31)23(34-24)22(18)28/h7-10,17,20-21,24,31H,5-6,11-16H2,1-4H3/t20-,21-,24-,26+,27?,28+,29-/m1/s1. The molecule has 3 aliphatic heterocycles. The van der Waals surface area contributed by atoms with Crippen LogP contribution in [0.2, 0.25) is 0 Å². The number of ether oxygens (including phenoxy) is 3. The number of aromatic hydroxyl groups is 1. The Morgan fingerprint density at radius 3 is 2.74 bits per heavy atom. The summed E-state index contributed by atoms with van der Waals surface area (Å²) in [5.41, 5.74) is 1.60. The number of piperidine rings is 1. The van der Waals surface area contributed by atoms with Crippen LogP contribution in [0.15, 0.2) is 24.3 Å². The second kappa shape index (κ2) is 5.87. The van der Waals surface area contributed by atoms with Crippen LogP contribution < -0.4 is 4.74 Å². The molecule has 1 aromatic rings. The van der Waals surface area contributed by atoms with E-state index in [1.165, 1.54) is 30.5 Å². The van der Waals surface area contributed by atoms with Crippen molar-refractivity contribution in [1.82, 2.24) is 4.90 Å². The molecule has 182 valence electrons. The van der Waals surface area contributed by atoms with Gasteiger partial charge < -0.3 is 19.3 Å². The Bertz CT molecular complexity index is 1140. The van der Waals surface area contributed by atoms with Crippen LogP contribution in [0.25, 0.3) is 0 Å². The van der Waals surface area contributed by atoms with Crippen molar-refractivity contribution < 1.29 is 19.3 Å². The summed E-state index contributed by atoms with van der Waals surface area (Å²) in [6.45, 7) is 11.8. The first kappa shape index (κ1) is 20.6. The highest BCUT2D eigenvalue weighted by molar-refractivity contribution is 5.65. The monoisotopic (exact) mass is 463 g/mol. The van der Waals surface area contributed by atoms with Crippen LogP contribution in [0.5, 0.6) is 11.5 Å². The van der Waals surface area contributed by atoms with Crippen LogP contribution >= 0.6 is 0 Å². The molecule has 4 fully saturated rings. The number of hydrogen-bond donors (Lipinski definition) is 1. The Hall–Kier alpha value is -1.56. The molecule has 8 aliphatic rings. The molecule has 0 amide bonds. The summed E-state index contributed by atoms with van der Waals surface area (Å²) in [7, 11) is 0. The fraction of sp³-hybridized carbons (Fsp3) is 0.724. The van der Waals surface area contributed by atoms with Crippen molar-refractivity contribution >= 4 is 0 Å². The molecular formula is C29H37NO4. The zero-order valence-corrected chi connectivity index (χ0v) is 20.9. The van der Waals surface area contributed by atoms with E-state index in [9.17, 15) is 5.11 Å². The number of hydrogen-bond acceptors (Lipinski definition) is 5. The van der Waals surface area contributed by atoms with Gasteiger partial charge in [-0.25, -0.2) is 0 Å². The second-order valence-electron chi connectivity index (χ2n) is 13.6. The molecule has 3 spiro atoms. The van der Waals surface area contributed by atoms with Crippen LogP contribution in [-0.2, 0) is 21.3 Å². The molecular weight excluding hydrogens is 426 g/mol. The summed E-state index contributed by atoms with van der Waals surface area (Å²) in [6, 6.07) is 4.49. The highest BCUT2D eigenvalue weighted by Crippen LogP contribution is 2.76. The Kier molecular flexibility index (Phi) is 3.56. The van der Waals surface area contributed by atoms with E-state index in [0.717, 1.165) is 37.5 Å². The molecule has 5 heteroatoms. The molecule has 4 bridgehead atoms. The minimum absolute atomic E-state index is 0.0279. The Balaban J connectivity index is 1.39. The maximum Gasteiger partial charge on any atom is 0.165 e. The Labute approximate surface area is 202 Å². The molecule has 5 aliphatic carbocycles. The predicted octanol–water partition coefficient (Wildman–Crippen LogP) is 4.56. The van der Waals surface area contributed by atoms with Crippen molar-refractivity contribution in [3.63, 3.8) is 0 Å². The van der Waals surface area contributed by atoms with Gasteiger partial charge in [0.1, 0.15) is 18.5 Å². The fourth-order valence-electron chi connectivity index (χ4n) is 9.40. The van der Waals surface area contributed by atoms with E-state index in [4.69, 9.17) is 14.2 Å². The van der Waals surface area contributed by atoms with E-state index in [2.05, 4.69) is 50.8 Å². The van der Waals surface area contributed by atoms with Gasteiger partial charge in [-0.15, -0.1) is 0 Å². The van der Waals surface area contributed by atoms with Crippen LogP contribution in [0, 0.1) is 22.7 Å². The molecule has 3 heterocycles. The normalized spacial score (nSPS) is 47.8. The minimum atomic E-state index is -0.536. The largest absolute Gasteiger partial charge is 0.504 e. The van der Waals surface area contributed by atoms with Gasteiger partial charge in [0.05, 0.1) is 11.0 Å². The first-order chi connectivity index (χ1) is 16.2. The SMILES string of the molecule is CC(C)(C)[C@@]1(C)OCO[C@]23C=CC4(C[C@@H]21)[C@H]1Cc2ccc(O)c5c2[C@@]4(CCN1CC1CC1)[C@H]3O5. The average molecular weight is 464 g/mol. The van der Waals surface area contributed by atoms with E-state index in [1.54, 1.807) is 0 Å². The lowest BCUT2D eigenvalue weighted by Crippen LogP contribution is -2.83. The van der Waals surface area contributed by atoms with Gasteiger partial charge in [-0.3, -0.25) is 4.90 Å². The first-order valence-electron chi connectivity index (χ1n) is 13.4. The highest BCUT2D eigenvalue weighted by Gasteiger charge is 2.82. The topological polar surface area (TPSA) is 51.2 Å². The first-order valence-corrected chi connectivity index (χ1v) is 13.4. The molecule has 2 saturated heterocycles. The third-order valence-electron chi connectivity index (χ3n) is 11.6.